The van der Waals surface area contributed by atoms with Crippen molar-refractivity contribution >= 4 is 35.7 Å². The topological polar surface area (TPSA) is 43.4 Å². The Balaban J connectivity index is 2.94. The SMILES string of the molecule is CC(C)CCOc1cc(F)c(S(=O)(=O)Cl)cc1Br. The van der Waals surface area contributed by atoms with Gasteiger partial charge < -0.3 is 4.74 Å². The fourth-order valence-corrected chi connectivity index (χ4v) is 2.73. The van der Waals surface area contributed by atoms with Gasteiger partial charge in [0, 0.05) is 16.7 Å². The number of hydrogen-bond acceptors (Lipinski definition) is 3. The zero-order valence-electron chi connectivity index (χ0n) is 9.91. The molecule has 0 aliphatic heterocycles. The minimum atomic E-state index is -4.10. The van der Waals surface area contributed by atoms with E-state index in [1.54, 1.807) is 0 Å². The number of halogens is 3. The second-order valence-electron chi connectivity index (χ2n) is 4.18. The Bertz CT molecular complexity index is 531. The molecule has 0 aliphatic carbocycles. The lowest BCUT2D eigenvalue weighted by molar-refractivity contribution is 0.286. The van der Waals surface area contributed by atoms with Crippen molar-refractivity contribution < 1.29 is 17.5 Å². The van der Waals surface area contributed by atoms with Crippen LogP contribution in [-0.2, 0) is 9.05 Å². The summed E-state index contributed by atoms with van der Waals surface area (Å²) in [5.41, 5.74) is 0. The summed E-state index contributed by atoms with van der Waals surface area (Å²) in [6.07, 6.45) is 0.823. The second-order valence-corrected chi connectivity index (χ2v) is 7.57. The molecule has 0 bridgehead atoms. The molecule has 102 valence electrons. The molecule has 0 aliphatic rings. The van der Waals surface area contributed by atoms with Crippen LogP contribution >= 0.6 is 26.6 Å². The van der Waals surface area contributed by atoms with Crippen molar-refractivity contribution in [3.05, 3.63) is 22.4 Å². The Kier molecular flexibility index (Phi) is 5.43. The van der Waals surface area contributed by atoms with E-state index in [4.69, 9.17) is 15.4 Å². The number of rotatable bonds is 5. The summed E-state index contributed by atoms with van der Waals surface area (Å²) < 4.78 is 41.4. The Morgan fingerprint density at radius 3 is 2.56 bits per heavy atom. The predicted molar refractivity (Wildman–Crippen MR) is 72.1 cm³/mol. The van der Waals surface area contributed by atoms with Crippen molar-refractivity contribution in [2.75, 3.05) is 6.61 Å². The number of hydrogen-bond donors (Lipinski definition) is 0. The smallest absolute Gasteiger partial charge is 0.264 e. The van der Waals surface area contributed by atoms with Crippen molar-refractivity contribution in [1.29, 1.82) is 0 Å². The van der Waals surface area contributed by atoms with Crippen LogP contribution in [-0.4, -0.2) is 15.0 Å². The van der Waals surface area contributed by atoms with Crippen LogP contribution < -0.4 is 4.74 Å². The standard InChI is InChI=1S/C11H13BrClFO3S/c1-7(2)3-4-17-10-6-9(14)11(5-8(10)12)18(13,15)16/h5-7H,3-4H2,1-2H3. The van der Waals surface area contributed by atoms with E-state index in [1.165, 1.54) is 0 Å². The number of ether oxygens (including phenoxy) is 1. The van der Waals surface area contributed by atoms with E-state index in [-0.39, 0.29) is 5.75 Å². The van der Waals surface area contributed by atoms with E-state index in [2.05, 4.69) is 15.9 Å². The molecule has 7 heteroatoms. The Labute approximate surface area is 119 Å². The highest BCUT2D eigenvalue weighted by molar-refractivity contribution is 9.10. The average molecular weight is 360 g/mol. The largest absolute Gasteiger partial charge is 0.492 e. The summed E-state index contributed by atoms with van der Waals surface area (Å²) in [6.45, 7) is 4.52. The van der Waals surface area contributed by atoms with E-state index in [0.29, 0.717) is 17.0 Å². The van der Waals surface area contributed by atoms with Gasteiger partial charge in [0.2, 0.25) is 0 Å². The third-order valence-corrected chi connectivity index (χ3v) is 4.16. The monoisotopic (exact) mass is 358 g/mol. The molecule has 0 amide bonds. The number of benzene rings is 1. The first-order valence-corrected chi connectivity index (χ1v) is 8.38. The van der Waals surface area contributed by atoms with Gasteiger partial charge in [0.25, 0.3) is 9.05 Å². The van der Waals surface area contributed by atoms with Gasteiger partial charge in [-0.1, -0.05) is 13.8 Å². The molecule has 0 radical (unpaired) electrons. The lowest BCUT2D eigenvalue weighted by Crippen LogP contribution is -2.03. The first-order valence-electron chi connectivity index (χ1n) is 5.28. The predicted octanol–water partition coefficient (Wildman–Crippen LogP) is 3.94. The highest BCUT2D eigenvalue weighted by atomic mass is 79.9. The lowest BCUT2D eigenvalue weighted by atomic mass is 10.1. The van der Waals surface area contributed by atoms with Gasteiger partial charge in [-0.05, 0) is 34.3 Å². The van der Waals surface area contributed by atoms with Crippen molar-refractivity contribution in [2.45, 2.75) is 25.2 Å². The van der Waals surface area contributed by atoms with Crippen molar-refractivity contribution in [3.63, 3.8) is 0 Å². The summed E-state index contributed by atoms with van der Waals surface area (Å²) in [6, 6.07) is 2.11. The van der Waals surface area contributed by atoms with Gasteiger partial charge in [0.15, 0.2) is 0 Å². The molecule has 0 heterocycles. The van der Waals surface area contributed by atoms with E-state index < -0.39 is 19.8 Å². The summed E-state index contributed by atoms with van der Waals surface area (Å²) in [5, 5.41) is 0. The normalized spacial score (nSPS) is 11.9. The lowest BCUT2D eigenvalue weighted by Gasteiger charge is -2.11. The highest BCUT2D eigenvalue weighted by Crippen LogP contribution is 2.31. The molecule has 0 unspecified atom stereocenters. The minimum Gasteiger partial charge on any atom is -0.492 e. The van der Waals surface area contributed by atoms with Gasteiger partial charge in [0.1, 0.15) is 16.5 Å². The summed E-state index contributed by atoms with van der Waals surface area (Å²) in [4.78, 5) is -0.563. The molecule has 0 aromatic heterocycles. The maximum Gasteiger partial charge on any atom is 0.264 e. The zero-order chi connectivity index (χ0) is 13.9. The minimum absolute atomic E-state index is 0.261. The molecule has 0 atom stereocenters. The molecule has 1 aromatic carbocycles. The van der Waals surface area contributed by atoms with Gasteiger partial charge in [0.05, 0.1) is 11.1 Å². The van der Waals surface area contributed by atoms with Crippen molar-refractivity contribution in [2.24, 2.45) is 5.92 Å². The Morgan fingerprint density at radius 1 is 1.44 bits per heavy atom. The first kappa shape index (κ1) is 15.7. The van der Waals surface area contributed by atoms with Gasteiger partial charge in [-0.2, -0.15) is 0 Å². The van der Waals surface area contributed by atoms with Crippen LogP contribution in [0.1, 0.15) is 20.3 Å². The molecule has 0 saturated carbocycles. The van der Waals surface area contributed by atoms with Crippen LogP contribution in [0.4, 0.5) is 4.39 Å². The van der Waals surface area contributed by atoms with Crippen LogP contribution in [0.25, 0.3) is 0 Å². The van der Waals surface area contributed by atoms with Crippen LogP contribution in [0.3, 0.4) is 0 Å². The molecular formula is C11H13BrClFO3S. The quantitative estimate of drug-likeness (QED) is 0.748. The molecule has 0 N–H and O–H groups in total. The average Bonchev–Trinajstić information content (AvgIpc) is 2.20. The van der Waals surface area contributed by atoms with E-state index in [1.807, 2.05) is 13.8 Å². The van der Waals surface area contributed by atoms with Crippen LogP contribution in [0.5, 0.6) is 5.75 Å². The van der Waals surface area contributed by atoms with Gasteiger partial charge in [-0.15, -0.1) is 0 Å². The van der Waals surface area contributed by atoms with Crippen molar-refractivity contribution in [1.82, 2.24) is 0 Å². The Morgan fingerprint density at radius 2 is 2.06 bits per heavy atom. The third kappa shape index (κ3) is 4.40. The maximum atomic E-state index is 13.5. The summed E-state index contributed by atoms with van der Waals surface area (Å²) in [7, 11) is 1.01. The summed E-state index contributed by atoms with van der Waals surface area (Å²) in [5.74, 6) is -0.193. The molecule has 0 spiro atoms. The molecule has 18 heavy (non-hydrogen) atoms. The molecule has 0 fully saturated rings. The van der Waals surface area contributed by atoms with Crippen LogP contribution in [0.15, 0.2) is 21.5 Å². The fraction of sp³-hybridized carbons (Fsp3) is 0.455. The van der Waals surface area contributed by atoms with E-state index in [0.717, 1.165) is 18.6 Å². The Hall–Kier alpha value is -0.330. The maximum absolute atomic E-state index is 13.5. The molecule has 0 saturated heterocycles. The second kappa shape index (κ2) is 6.21. The van der Waals surface area contributed by atoms with E-state index in [9.17, 15) is 12.8 Å². The first-order chi connectivity index (χ1) is 8.21. The molecule has 3 nitrogen and oxygen atoms in total. The van der Waals surface area contributed by atoms with Gasteiger partial charge >= 0.3 is 0 Å². The van der Waals surface area contributed by atoms with Crippen LogP contribution in [0, 0.1) is 11.7 Å². The molecular weight excluding hydrogens is 347 g/mol. The van der Waals surface area contributed by atoms with E-state index >= 15 is 0 Å². The molecule has 1 aromatic rings. The van der Waals surface area contributed by atoms with Crippen molar-refractivity contribution in [3.8, 4) is 5.75 Å². The summed E-state index contributed by atoms with van der Waals surface area (Å²) >= 11 is 3.13. The molecule has 1 rings (SSSR count). The van der Waals surface area contributed by atoms with Gasteiger partial charge in [-0.25, -0.2) is 12.8 Å². The van der Waals surface area contributed by atoms with Gasteiger partial charge in [-0.3, -0.25) is 0 Å². The highest BCUT2D eigenvalue weighted by Gasteiger charge is 2.19. The van der Waals surface area contributed by atoms with Crippen LogP contribution in [0.2, 0.25) is 0 Å². The zero-order valence-corrected chi connectivity index (χ0v) is 13.1. The fourth-order valence-electron chi connectivity index (χ4n) is 1.21. The third-order valence-electron chi connectivity index (χ3n) is 2.20.